The van der Waals surface area contributed by atoms with E-state index in [0.717, 1.165) is 17.1 Å². The van der Waals surface area contributed by atoms with Crippen LogP contribution in [-0.4, -0.2) is 39.2 Å². The number of carbonyl (C=O) groups is 1. The van der Waals surface area contributed by atoms with Crippen LogP contribution in [0.25, 0.3) is 0 Å². The normalized spacial score (nSPS) is 15.3. The van der Waals surface area contributed by atoms with Crippen LogP contribution < -0.4 is 15.5 Å². The molecule has 1 aromatic carbocycles. The minimum absolute atomic E-state index is 0.0409. The number of carbonyl (C=O) groups excluding carboxylic acids is 1. The first-order valence-electron chi connectivity index (χ1n) is 10.4. The lowest BCUT2D eigenvalue weighted by Gasteiger charge is -2.27. The number of fused-ring (bicyclic) bond motifs is 1. The number of likely N-dealkylation sites (N-methyl/N-ethyl adjacent to an activating group) is 1. The van der Waals surface area contributed by atoms with E-state index < -0.39 is 0 Å². The van der Waals surface area contributed by atoms with Crippen LogP contribution in [0, 0.1) is 12.7 Å². The van der Waals surface area contributed by atoms with Crippen LogP contribution in [0.1, 0.15) is 36.6 Å². The molecule has 31 heavy (non-hydrogen) atoms. The maximum atomic E-state index is 11.9. The Morgan fingerprint density at radius 3 is 2.65 bits per heavy atom. The number of nitrogens with zero attached hydrogens (tertiary/aromatic N) is 5. The first-order valence-corrected chi connectivity index (χ1v) is 10.4. The Hall–Kier alpha value is -3.49. The summed E-state index contributed by atoms with van der Waals surface area (Å²) in [4.78, 5) is 22.5. The predicted molar refractivity (Wildman–Crippen MR) is 118 cm³/mol. The predicted octanol–water partition coefficient (Wildman–Crippen LogP) is 3.53. The summed E-state index contributed by atoms with van der Waals surface area (Å²) < 4.78 is 14.0. The summed E-state index contributed by atoms with van der Waals surface area (Å²) in [6.45, 7) is 2.80. The van der Waals surface area contributed by atoms with Gasteiger partial charge in [0.2, 0.25) is 11.9 Å². The summed E-state index contributed by atoms with van der Waals surface area (Å²) in [5.74, 6) is 1.09. The molecule has 0 bridgehead atoms. The molecule has 9 heteroatoms. The largest absolute Gasteiger partial charge is 0.350 e. The molecule has 2 aromatic heterocycles. The van der Waals surface area contributed by atoms with Crippen LogP contribution in [0.5, 0.6) is 0 Å². The molecule has 0 atom stereocenters. The van der Waals surface area contributed by atoms with Gasteiger partial charge in [-0.3, -0.25) is 9.48 Å². The first-order chi connectivity index (χ1) is 15.0. The second kappa shape index (κ2) is 9.11. The number of halogens is 1. The van der Waals surface area contributed by atoms with E-state index in [9.17, 15) is 9.18 Å². The second-order valence-corrected chi connectivity index (χ2v) is 7.80. The smallest absolute Gasteiger partial charge is 0.244 e. The zero-order chi connectivity index (χ0) is 21.8. The highest BCUT2D eigenvalue weighted by atomic mass is 19.1. The van der Waals surface area contributed by atoms with E-state index in [4.69, 9.17) is 0 Å². The number of amides is 1. The van der Waals surface area contributed by atoms with Crippen LogP contribution in [0.3, 0.4) is 0 Å². The average molecular weight is 423 g/mol. The van der Waals surface area contributed by atoms with Crippen LogP contribution >= 0.6 is 0 Å². The van der Waals surface area contributed by atoms with Gasteiger partial charge in [0.1, 0.15) is 11.5 Å². The lowest BCUT2D eigenvalue weighted by atomic mass is 9.93. The van der Waals surface area contributed by atoms with Crippen molar-refractivity contribution in [2.45, 2.75) is 38.8 Å². The molecule has 162 valence electrons. The van der Waals surface area contributed by atoms with Crippen molar-refractivity contribution >= 4 is 23.4 Å². The number of benzene rings is 1. The topological polar surface area (TPSA) is 88.0 Å². The van der Waals surface area contributed by atoms with Crippen molar-refractivity contribution in [1.82, 2.24) is 19.7 Å². The van der Waals surface area contributed by atoms with E-state index in [1.165, 1.54) is 31.4 Å². The second-order valence-electron chi connectivity index (χ2n) is 7.80. The Morgan fingerprint density at radius 2 is 2.00 bits per heavy atom. The lowest BCUT2D eigenvalue weighted by Crippen LogP contribution is -2.36. The molecule has 0 spiro atoms. The van der Waals surface area contributed by atoms with E-state index >= 15 is 0 Å². The summed E-state index contributed by atoms with van der Waals surface area (Å²) in [6, 6.07) is 8.51. The van der Waals surface area contributed by atoms with Gasteiger partial charge in [-0.15, -0.1) is 0 Å². The average Bonchev–Trinajstić information content (AvgIpc) is 3.15. The molecule has 2 aliphatic rings. The SMILES string of the molecule is Cc1nc(NCc2cnn(C3CCC3)c2)nc2c1NC(=O)CN2C.Fc1ccccc1. The van der Waals surface area contributed by atoms with Crippen LogP contribution in [-0.2, 0) is 11.3 Å². The van der Waals surface area contributed by atoms with Crippen LogP contribution in [0.2, 0.25) is 0 Å². The molecule has 1 fully saturated rings. The number of aryl methyl sites for hydroxylation is 1. The molecule has 0 saturated heterocycles. The van der Waals surface area contributed by atoms with Gasteiger partial charge in [0.05, 0.1) is 24.5 Å². The molecule has 3 heterocycles. The van der Waals surface area contributed by atoms with Crippen LogP contribution in [0.15, 0.2) is 42.7 Å². The Kier molecular flexibility index (Phi) is 6.11. The lowest BCUT2D eigenvalue weighted by molar-refractivity contribution is -0.115. The minimum Gasteiger partial charge on any atom is -0.350 e. The van der Waals surface area contributed by atoms with Crippen molar-refractivity contribution in [3.05, 3.63) is 59.8 Å². The molecule has 8 nitrogen and oxygen atoms in total. The third-order valence-corrected chi connectivity index (χ3v) is 5.37. The number of anilines is 3. The first kappa shape index (κ1) is 20.8. The van der Waals surface area contributed by atoms with Gasteiger partial charge < -0.3 is 15.5 Å². The minimum atomic E-state index is -0.178. The van der Waals surface area contributed by atoms with E-state index in [2.05, 4.69) is 36.6 Å². The summed E-state index contributed by atoms with van der Waals surface area (Å²) >= 11 is 0. The molecule has 1 saturated carbocycles. The van der Waals surface area contributed by atoms with Gasteiger partial charge in [-0.1, -0.05) is 18.2 Å². The quantitative estimate of drug-likeness (QED) is 0.668. The van der Waals surface area contributed by atoms with Gasteiger partial charge in [0, 0.05) is 25.4 Å². The maximum absolute atomic E-state index is 11.9. The van der Waals surface area contributed by atoms with Crippen molar-refractivity contribution < 1.29 is 9.18 Å². The number of hydrogen-bond acceptors (Lipinski definition) is 6. The monoisotopic (exact) mass is 423 g/mol. The Bertz CT molecular complexity index is 1050. The molecule has 1 amide bonds. The zero-order valence-corrected chi connectivity index (χ0v) is 17.7. The third kappa shape index (κ3) is 4.99. The van der Waals surface area contributed by atoms with Gasteiger partial charge in [0.15, 0.2) is 5.82 Å². The Morgan fingerprint density at radius 1 is 1.23 bits per heavy atom. The van der Waals surface area contributed by atoms with E-state index in [-0.39, 0.29) is 11.7 Å². The molecule has 1 aliphatic heterocycles. The van der Waals surface area contributed by atoms with Crippen LogP contribution in [0.4, 0.5) is 21.8 Å². The molecule has 0 radical (unpaired) electrons. The third-order valence-electron chi connectivity index (χ3n) is 5.37. The van der Waals surface area contributed by atoms with Gasteiger partial charge >= 0.3 is 0 Å². The molecule has 2 N–H and O–H groups in total. The van der Waals surface area contributed by atoms with Crippen molar-refractivity contribution in [1.29, 1.82) is 0 Å². The number of aromatic nitrogens is 4. The fourth-order valence-corrected chi connectivity index (χ4v) is 3.44. The highest BCUT2D eigenvalue weighted by molar-refractivity contribution is 6.00. The molecular weight excluding hydrogens is 397 g/mol. The summed E-state index contributed by atoms with van der Waals surface area (Å²) in [5, 5.41) is 10.5. The highest BCUT2D eigenvalue weighted by Crippen LogP contribution is 2.31. The number of nitrogens with one attached hydrogen (secondary N) is 2. The molecule has 0 unspecified atom stereocenters. The molecule has 3 aromatic rings. The summed E-state index contributed by atoms with van der Waals surface area (Å²) in [6.07, 6.45) is 7.72. The van der Waals surface area contributed by atoms with Crippen molar-refractivity contribution in [2.24, 2.45) is 0 Å². The van der Waals surface area contributed by atoms with Gasteiger partial charge in [0.25, 0.3) is 0 Å². The molecule has 1 aliphatic carbocycles. The standard InChI is InChI=1S/C16H21N7O.C6H5F/c1-10-14-15(22(2)9-13(24)20-14)21-16(19-10)17-6-11-7-18-23(8-11)12-4-3-5-12;7-6-4-2-1-3-5-6/h7-8,12H,3-6,9H2,1-2H3,(H,20,24)(H,17,19,21);1-5H. The van der Waals surface area contributed by atoms with Crippen molar-refractivity contribution in [3.63, 3.8) is 0 Å². The van der Waals surface area contributed by atoms with E-state index in [1.807, 2.05) is 25.1 Å². The van der Waals surface area contributed by atoms with Gasteiger partial charge in [-0.05, 0) is 38.3 Å². The number of hydrogen-bond donors (Lipinski definition) is 2. The zero-order valence-electron chi connectivity index (χ0n) is 17.7. The van der Waals surface area contributed by atoms with Gasteiger partial charge in [-0.2, -0.15) is 10.1 Å². The fraction of sp³-hybridized carbons (Fsp3) is 0.364. The highest BCUT2D eigenvalue weighted by Gasteiger charge is 2.24. The Labute approximate surface area is 180 Å². The summed E-state index contributed by atoms with van der Waals surface area (Å²) in [7, 11) is 1.86. The molecule has 5 rings (SSSR count). The van der Waals surface area contributed by atoms with Crippen molar-refractivity contribution in [2.75, 3.05) is 29.1 Å². The van der Waals surface area contributed by atoms with Gasteiger partial charge in [-0.25, -0.2) is 9.37 Å². The summed E-state index contributed by atoms with van der Waals surface area (Å²) in [5.41, 5.74) is 2.56. The Balaban J connectivity index is 0.000000282. The van der Waals surface area contributed by atoms with E-state index in [0.29, 0.717) is 30.8 Å². The van der Waals surface area contributed by atoms with E-state index in [1.54, 1.807) is 18.2 Å². The molecular formula is C22H26FN7O. The van der Waals surface area contributed by atoms with Crippen molar-refractivity contribution in [3.8, 4) is 0 Å². The number of rotatable bonds is 4. The fourth-order valence-electron chi connectivity index (χ4n) is 3.44. The maximum Gasteiger partial charge on any atom is 0.244 e.